The van der Waals surface area contributed by atoms with E-state index in [0.717, 1.165) is 24.6 Å². The summed E-state index contributed by atoms with van der Waals surface area (Å²) in [7, 11) is 0. The molecule has 50 heavy (non-hydrogen) atoms. The molecule has 4 aliphatic heterocycles. The van der Waals surface area contributed by atoms with Crippen LogP contribution >= 0.6 is 11.3 Å². The Kier molecular flexibility index (Phi) is 7.61. The van der Waals surface area contributed by atoms with Gasteiger partial charge in [0.05, 0.1) is 33.4 Å². The highest BCUT2D eigenvalue weighted by atomic mass is 32.1. The highest BCUT2D eigenvalue weighted by Crippen LogP contribution is 2.49. The molecule has 9 nitrogen and oxygen atoms in total. The van der Waals surface area contributed by atoms with Gasteiger partial charge in [-0.3, -0.25) is 9.69 Å². The molecular formula is C34H31F6N7O2S. The smallest absolute Gasteiger partial charge is 0.417 e. The van der Waals surface area contributed by atoms with Gasteiger partial charge in [-0.05, 0) is 43.5 Å². The maximum atomic E-state index is 17.1. The summed E-state index contributed by atoms with van der Waals surface area (Å²) in [4.78, 5) is 27.0. The van der Waals surface area contributed by atoms with Gasteiger partial charge in [0.2, 0.25) is 5.91 Å². The Balaban J connectivity index is 1.32. The van der Waals surface area contributed by atoms with Crippen LogP contribution in [0, 0.1) is 23.0 Å². The Morgan fingerprint density at radius 3 is 2.74 bits per heavy atom. The molecule has 4 aromatic rings. The molecule has 0 bridgehead atoms. The fourth-order valence-corrected chi connectivity index (χ4v) is 9.44. The van der Waals surface area contributed by atoms with Crippen LogP contribution in [-0.4, -0.2) is 82.3 Å². The molecule has 4 atom stereocenters. The number of carbonyl (C=O) groups is 1. The molecule has 4 aliphatic rings. The third-order valence-electron chi connectivity index (χ3n) is 10.8. The predicted octanol–water partition coefficient (Wildman–Crippen LogP) is 6.42. The Morgan fingerprint density at radius 2 is 2.00 bits per heavy atom. The van der Waals surface area contributed by atoms with E-state index in [0.29, 0.717) is 43.7 Å². The van der Waals surface area contributed by atoms with E-state index in [4.69, 9.17) is 10.5 Å². The quantitative estimate of drug-likeness (QED) is 0.228. The molecule has 0 spiro atoms. The summed E-state index contributed by atoms with van der Waals surface area (Å²) in [5.74, 6) is -2.20. The Hall–Kier alpha value is -4.36. The van der Waals surface area contributed by atoms with Crippen molar-refractivity contribution in [2.75, 3.05) is 43.4 Å². The van der Waals surface area contributed by atoms with Crippen LogP contribution in [0.1, 0.15) is 50.2 Å². The van der Waals surface area contributed by atoms with Crippen molar-refractivity contribution in [3.8, 4) is 23.2 Å². The number of nitrogens with two attached hydrogens (primary N) is 1. The van der Waals surface area contributed by atoms with Crippen molar-refractivity contribution in [1.82, 2.24) is 19.8 Å². The number of ether oxygens (including phenoxy) is 1. The van der Waals surface area contributed by atoms with E-state index >= 15 is 4.39 Å². The van der Waals surface area contributed by atoms with Crippen molar-refractivity contribution >= 4 is 49.1 Å². The molecule has 16 heteroatoms. The topological polar surface area (TPSA) is 112 Å². The van der Waals surface area contributed by atoms with Crippen LogP contribution in [0.15, 0.2) is 18.2 Å². The maximum Gasteiger partial charge on any atom is 0.417 e. The molecule has 2 aromatic heterocycles. The molecule has 0 saturated carbocycles. The molecule has 6 heterocycles. The number of fused-ring (bicyclic) bond motifs is 4. The zero-order valence-corrected chi connectivity index (χ0v) is 27.6. The van der Waals surface area contributed by atoms with E-state index in [1.165, 1.54) is 0 Å². The van der Waals surface area contributed by atoms with Gasteiger partial charge in [0.15, 0.2) is 5.82 Å². The fourth-order valence-electron chi connectivity index (χ4n) is 8.49. The largest absolute Gasteiger partial charge is 0.461 e. The number of benzene rings is 2. The van der Waals surface area contributed by atoms with E-state index in [1.807, 2.05) is 11.0 Å². The van der Waals surface area contributed by atoms with Crippen LogP contribution in [-0.2, 0) is 11.0 Å². The minimum Gasteiger partial charge on any atom is -0.461 e. The molecule has 0 aliphatic carbocycles. The van der Waals surface area contributed by atoms with Gasteiger partial charge in [0.1, 0.15) is 41.0 Å². The summed E-state index contributed by atoms with van der Waals surface area (Å²) >= 11 is 0.685. The SMILES string of the molecule is CCC(=O)N1CCC2[C@H]1CN2c1nc(OC[C@@]23CCCN2C[C@H](F)C3)nc2c(F)c(-c3ccc(F)c4sc(N)c(C#N)c34)c(C(F)(F)F)cc12. The second kappa shape index (κ2) is 11.6. The summed E-state index contributed by atoms with van der Waals surface area (Å²) in [6.07, 6.45) is -3.56. The van der Waals surface area contributed by atoms with Crippen LogP contribution in [0.4, 0.5) is 37.2 Å². The number of thiophene rings is 1. The number of nitrogens with zero attached hydrogens (tertiary/aromatic N) is 6. The normalized spacial score (nSPS) is 24.9. The molecular weight excluding hydrogens is 684 g/mol. The maximum absolute atomic E-state index is 17.1. The number of anilines is 2. The first-order chi connectivity index (χ1) is 23.8. The van der Waals surface area contributed by atoms with Crippen LogP contribution in [0.2, 0.25) is 0 Å². The first-order valence-electron chi connectivity index (χ1n) is 16.5. The van der Waals surface area contributed by atoms with Crippen molar-refractivity contribution in [3.63, 3.8) is 0 Å². The number of nitrogen functional groups attached to an aromatic ring is 1. The molecule has 1 unspecified atom stereocenters. The van der Waals surface area contributed by atoms with Crippen LogP contribution < -0.4 is 15.4 Å². The summed E-state index contributed by atoms with van der Waals surface area (Å²) in [6, 6.07) is 3.77. The lowest BCUT2D eigenvalue weighted by Gasteiger charge is -2.47. The number of nitriles is 1. The van der Waals surface area contributed by atoms with E-state index in [2.05, 4.69) is 9.97 Å². The summed E-state index contributed by atoms with van der Waals surface area (Å²) in [5.41, 5.74) is 1.97. The fraction of sp³-hybridized carbons (Fsp3) is 0.471. The van der Waals surface area contributed by atoms with E-state index in [9.17, 15) is 32.0 Å². The van der Waals surface area contributed by atoms with Gasteiger partial charge in [-0.15, -0.1) is 11.3 Å². The lowest BCUT2D eigenvalue weighted by molar-refractivity contribution is -0.137. The van der Waals surface area contributed by atoms with Gasteiger partial charge >= 0.3 is 12.2 Å². The number of hydrogen-bond acceptors (Lipinski definition) is 9. The van der Waals surface area contributed by atoms with Gasteiger partial charge in [-0.25, -0.2) is 13.2 Å². The van der Waals surface area contributed by atoms with Crippen molar-refractivity contribution in [1.29, 1.82) is 5.26 Å². The molecule has 2 N–H and O–H groups in total. The number of rotatable bonds is 6. The number of carbonyl (C=O) groups excluding carboxylic acids is 1. The van der Waals surface area contributed by atoms with Crippen LogP contribution in [0.25, 0.3) is 32.1 Å². The Labute approximate surface area is 286 Å². The van der Waals surface area contributed by atoms with Crippen molar-refractivity contribution < 1.29 is 35.9 Å². The van der Waals surface area contributed by atoms with Gasteiger partial charge in [0.25, 0.3) is 0 Å². The monoisotopic (exact) mass is 715 g/mol. The third kappa shape index (κ3) is 4.87. The summed E-state index contributed by atoms with van der Waals surface area (Å²) in [6.45, 7) is 3.43. The first-order valence-corrected chi connectivity index (χ1v) is 17.3. The lowest BCUT2D eigenvalue weighted by atomic mass is 9.91. The molecule has 4 fully saturated rings. The van der Waals surface area contributed by atoms with E-state index in [1.54, 1.807) is 16.7 Å². The summed E-state index contributed by atoms with van der Waals surface area (Å²) in [5, 5.41) is 9.25. The zero-order valence-electron chi connectivity index (χ0n) is 26.8. The number of likely N-dealkylation sites (tertiary alicyclic amines) is 1. The third-order valence-corrected chi connectivity index (χ3v) is 11.8. The van der Waals surface area contributed by atoms with Gasteiger partial charge in [-0.2, -0.15) is 28.4 Å². The molecule has 0 radical (unpaired) electrons. The second-order valence-electron chi connectivity index (χ2n) is 13.5. The Bertz CT molecular complexity index is 2120. The van der Waals surface area contributed by atoms with E-state index < -0.39 is 46.2 Å². The average Bonchev–Trinajstić information content (AvgIpc) is 3.79. The van der Waals surface area contributed by atoms with Crippen molar-refractivity contribution in [3.05, 3.63) is 41.0 Å². The summed E-state index contributed by atoms with van der Waals surface area (Å²) < 4.78 is 97.3. The molecule has 1 amide bonds. The van der Waals surface area contributed by atoms with Gasteiger partial charge < -0.3 is 20.3 Å². The molecule has 262 valence electrons. The highest BCUT2D eigenvalue weighted by Gasteiger charge is 2.51. The molecule has 8 rings (SSSR count). The number of aromatic nitrogens is 2. The number of halogens is 6. The highest BCUT2D eigenvalue weighted by molar-refractivity contribution is 7.23. The van der Waals surface area contributed by atoms with Crippen LogP contribution in [0.3, 0.4) is 0 Å². The minimum absolute atomic E-state index is 0.00337. The standard InChI is InChI=1S/C34H31F6N7O2S/c1-2-24(48)46-9-6-22-23(46)14-47(22)31-18-10-20(34(38,39)40)26(17-4-5-21(36)29-25(17)19(12-41)30(42)50-29)27(37)28(18)43-32(44-31)49-15-33-7-3-8-45(33)13-16(35)11-33/h4-5,10,16,22-23H,2-3,6-9,11,13-15,42H2,1H3/t16-,22?,23-,33+/m1/s1. The lowest BCUT2D eigenvalue weighted by Crippen LogP contribution is -2.63. The van der Waals surface area contributed by atoms with E-state index in [-0.39, 0.29) is 87.5 Å². The van der Waals surface area contributed by atoms with Crippen molar-refractivity contribution in [2.45, 2.75) is 69.0 Å². The first kappa shape index (κ1) is 32.8. The van der Waals surface area contributed by atoms with Crippen LogP contribution in [0.5, 0.6) is 6.01 Å². The minimum atomic E-state index is -5.10. The zero-order chi connectivity index (χ0) is 35.3. The predicted molar refractivity (Wildman–Crippen MR) is 174 cm³/mol. The van der Waals surface area contributed by atoms with Crippen molar-refractivity contribution in [2.24, 2.45) is 0 Å². The second-order valence-corrected chi connectivity index (χ2v) is 14.5. The number of amides is 1. The number of alkyl halides is 4. The molecule has 4 saturated heterocycles. The Morgan fingerprint density at radius 1 is 1.20 bits per heavy atom. The van der Waals surface area contributed by atoms with Gasteiger partial charge in [0, 0.05) is 48.8 Å². The van der Waals surface area contributed by atoms with Gasteiger partial charge in [-0.1, -0.05) is 13.0 Å². The number of hydrogen-bond donors (Lipinski definition) is 1. The average molecular weight is 716 g/mol. The molecule has 2 aromatic carbocycles.